The van der Waals surface area contributed by atoms with E-state index in [1.165, 1.54) is 29.2 Å². The number of hydrogen-bond donors (Lipinski definition) is 1. The zero-order chi connectivity index (χ0) is 18.1. The van der Waals surface area contributed by atoms with Gasteiger partial charge in [0.2, 0.25) is 0 Å². The second kappa shape index (κ2) is 7.10. The number of rotatable bonds is 3. The van der Waals surface area contributed by atoms with Gasteiger partial charge in [-0.3, -0.25) is 19.8 Å². The summed E-state index contributed by atoms with van der Waals surface area (Å²) in [7, 11) is 0. The van der Waals surface area contributed by atoms with Crippen LogP contribution in [0.4, 0.5) is 11.4 Å². The summed E-state index contributed by atoms with van der Waals surface area (Å²) in [5.41, 5.74) is 1.20. The molecule has 0 bridgehead atoms. The molecule has 0 unspecified atom stereocenters. The molecule has 1 heterocycles. The van der Waals surface area contributed by atoms with Crippen molar-refractivity contribution in [3.63, 3.8) is 0 Å². The van der Waals surface area contributed by atoms with Crippen LogP contribution in [0.25, 0.3) is 6.08 Å². The van der Waals surface area contributed by atoms with Gasteiger partial charge in [-0.25, -0.2) is 0 Å². The number of carbonyl (C=O) groups excluding carboxylic acids is 1. The number of anilines is 1. The van der Waals surface area contributed by atoms with E-state index < -0.39 is 4.92 Å². The highest BCUT2D eigenvalue weighted by Crippen LogP contribution is 2.36. The van der Waals surface area contributed by atoms with Crippen LogP contribution in [-0.2, 0) is 4.79 Å². The van der Waals surface area contributed by atoms with Crippen molar-refractivity contribution in [2.45, 2.75) is 0 Å². The first-order chi connectivity index (χ1) is 11.9. The third-order valence-electron chi connectivity index (χ3n) is 3.38. The quantitative estimate of drug-likeness (QED) is 0.230. The van der Waals surface area contributed by atoms with Crippen LogP contribution < -0.4 is 4.90 Å². The van der Waals surface area contributed by atoms with Crippen molar-refractivity contribution in [1.82, 2.24) is 0 Å². The van der Waals surface area contributed by atoms with Crippen molar-refractivity contribution in [2.24, 2.45) is 0 Å². The summed E-state index contributed by atoms with van der Waals surface area (Å²) >= 11 is 8.44. The van der Waals surface area contributed by atoms with Crippen molar-refractivity contribution in [2.75, 3.05) is 4.90 Å². The van der Waals surface area contributed by atoms with E-state index >= 15 is 0 Å². The average molecular weight is 484 g/mol. The van der Waals surface area contributed by atoms with Crippen molar-refractivity contribution >= 4 is 74.2 Å². The standard InChI is InChI=1S/C16H9IN2O4S2/c17-12-7-9(1-6-13(12)20)8-14-15(21)18(16(24)25-14)10-2-4-11(5-3-10)19(22)23/h1-8,20H. The van der Waals surface area contributed by atoms with E-state index in [4.69, 9.17) is 12.2 Å². The molecule has 0 aromatic heterocycles. The summed E-state index contributed by atoms with van der Waals surface area (Å²) in [4.78, 5) is 24.7. The zero-order valence-corrected chi connectivity index (χ0v) is 16.2. The summed E-state index contributed by atoms with van der Waals surface area (Å²) in [6.07, 6.45) is 1.70. The van der Waals surface area contributed by atoms with Crippen LogP contribution in [-0.4, -0.2) is 20.3 Å². The Labute approximate surface area is 165 Å². The second-order valence-corrected chi connectivity index (χ2v) is 7.84. The number of benzene rings is 2. The zero-order valence-electron chi connectivity index (χ0n) is 12.4. The number of nitro groups is 1. The van der Waals surface area contributed by atoms with Gasteiger partial charge in [0.1, 0.15) is 5.75 Å². The van der Waals surface area contributed by atoms with E-state index in [1.54, 1.807) is 24.3 Å². The maximum absolute atomic E-state index is 12.7. The fourth-order valence-corrected chi connectivity index (χ4v) is 4.02. The Morgan fingerprint density at radius 3 is 2.52 bits per heavy atom. The number of phenols is 1. The van der Waals surface area contributed by atoms with Crippen molar-refractivity contribution in [3.05, 3.63) is 66.6 Å². The van der Waals surface area contributed by atoms with Gasteiger partial charge in [0.15, 0.2) is 4.32 Å². The molecule has 0 spiro atoms. The third-order valence-corrected chi connectivity index (χ3v) is 5.55. The Balaban J connectivity index is 1.90. The highest BCUT2D eigenvalue weighted by Gasteiger charge is 2.33. The average Bonchev–Trinajstić information content (AvgIpc) is 2.85. The number of thioether (sulfide) groups is 1. The van der Waals surface area contributed by atoms with Gasteiger partial charge in [0.05, 0.1) is 19.1 Å². The molecule has 25 heavy (non-hydrogen) atoms. The van der Waals surface area contributed by atoms with Gasteiger partial charge < -0.3 is 5.11 Å². The number of phenolic OH excluding ortho intramolecular Hbond substituents is 1. The number of nitro benzene ring substituents is 1. The van der Waals surface area contributed by atoms with Gasteiger partial charge in [-0.2, -0.15) is 0 Å². The van der Waals surface area contributed by atoms with Crippen molar-refractivity contribution in [3.8, 4) is 5.75 Å². The van der Waals surface area contributed by atoms with Crippen molar-refractivity contribution < 1.29 is 14.8 Å². The molecule has 0 saturated carbocycles. The lowest BCUT2D eigenvalue weighted by Crippen LogP contribution is -2.27. The SMILES string of the molecule is O=C1C(=Cc2ccc(O)c(I)c2)SC(=S)N1c1ccc([N+](=O)[O-])cc1. The van der Waals surface area contributed by atoms with Crippen LogP contribution in [0.2, 0.25) is 0 Å². The van der Waals surface area contributed by atoms with Gasteiger partial charge in [-0.1, -0.05) is 30.0 Å². The Hall–Kier alpha value is -1.98. The largest absolute Gasteiger partial charge is 0.507 e. The molecule has 1 saturated heterocycles. The summed E-state index contributed by atoms with van der Waals surface area (Å²) in [6, 6.07) is 10.7. The lowest BCUT2D eigenvalue weighted by Gasteiger charge is -2.13. The molecular formula is C16H9IN2O4S2. The second-order valence-electron chi connectivity index (χ2n) is 5.00. The number of halogens is 1. The summed E-state index contributed by atoms with van der Waals surface area (Å²) < 4.78 is 1.04. The molecule has 2 aromatic carbocycles. The minimum absolute atomic E-state index is 0.0524. The molecule has 9 heteroatoms. The molecule has 0 aliphatic carbocycles. The number of hydrogen-bond acceptors (Lipinski definition) is 6. The van der Waals surface area contributed by atoms with Crippen LogP contribution in [0.1, 0.15) is 5.56 Å². The predicted octanol–water partition coefficient (Wildman–Crippen LogP) is 4.31. The van der Waals surface area contributed by atoms with E-state index in [-0.39, 0.29) is 17.3 Å². The van der Waals surface area contributed by atoms with Gasteiger partial charge in [-0.05, 0) is 58.5 Å². The number of amides is 1. The van der Waals surface area contributed by atoms with Gasteiger partial charge in [-0.15, -0.1) is 0 Å². The molecule has 0 radical (unpaired) electrons. The normalized spacial score (nSPS) is 15.9. The molecule has 1 aliphatic heterocycles. The smallest absolute Gasteiger partial charge is 0.270 e. The topological polar surface area (TPSA) is 83.7 Å². The van der Waals surface area contributed by atoms with Gasteiger partial charge in [0.25, 0.3) is 11.6 Å². The van der Waals surface area contributed by atoms with E-state index in [2.05, 4.69) is 0 Å². The molecule has 1 fully saturated rings. The minimum Gasteiger partial charge on any atom is -0.507 e. The fraction of sp³-hybridized carbons (Fsp3) is 0. The van der Waals surface area contributed by atoms with Crippen molar-refractivity contribution in [1.29, 1.82) is 0 Å². The maximum Gasteiger partial charge on any atom is 0.270 e. The van der Waals surface area contributed by atoms with E-state index in [0.717, 1.165) is 17.3 Å². The first kappa shape index (κ1) is 17.8. The Morgan fingerprint density at radius 1 is 1.24 bits per heavy atom. The Kier molecular flexibility index (Phi) is 5.06. The van der Waals surface area contributed by atoms with E-state index in [0.29, 0.717) is 18.5 Å². The Bertz CT molecular complexity index is 928. The number of aromatic hydroxyl groups is 1. The molecular weight excluding hydrogens is 475 g/mol. The van der Waals surface area contributed by atoms with E-state index in [9.17, 15) is 20.0 Å². The third kappa shape index (κ3) is 3.67. The van der Waals surface area contributed by atoms with E-state index in [1.807, 2.05) is 22.6 Å². The van der Waals surface area contributed by atoms with Crippen LogP contribution in [0.3, 0.4) is 0 Å². The number of nitrogens with zero attached hydrogens (tertiary/aromatic N) is 2. The highest BCUT2D eigenvalue weighted by atomic mass is 127. The molecule has 1 aliphatic rings. The Morgan fingerprint density at radius 2 is 1.92 bits per heavy atom. The summed E-state index contributed by atoms with van der Waals surface area (Å²) in [5.74, 6) is -0.108. The minimum atomic E-state index is -0.500. The number of carbonyl (C=O) groups is 1. The predicted molar refractivity (Wildman–Crippen MR) is 110 cm³/mol. The van der Waals surface area contributed by atoms with Crippen LogP contribution in [0.15, 0.2) is 47.4 Å². The molecule has 1 N–H and O–H groups in total. The molecule has 0 atom stereocenters. The monoisotopic (exact) mass is 484 g/mol. The molecule has 126 valence electrons. The fourth-order valence-electron chi connectivity index (χ4n) is 2.18. The van der Waals surface area contributed by atoms with Gasteiger partial charge >= 0.3 is 0 Å². The summed E-state index contributed by atoms with van der Waals surface area (Å²) in [5, 5.41) is 20.3. The van der Waals surface area contributed by atoms with Crippen LogP contribution in [0.5, 0.6) is 5.75 Å². The first-order valence-corrected chi connectivity index (χ1v) is 9.18. The molecule has 2 aromatic rings. The summed E-state index contributed by atoms with van der Waals surface area (Å²) in [6.45, 7) is 0. The van der Waals surface area contributed by atoms with Crippen LogP contribution >= 0.6 is 46.6 Å². The number of non-ortho nitro benzene ring substituents is 1. The number of thiocarbonyl (C=S) groups is 1. The lowest BCUT2D eigenvalue weighted by atomic mass is 10.2. The van der Waals surface area contributed by atoms with Gasteiger partial charge in [0, 0.05) is 12.1 Å². The molecule has 6 nitrogen and oxygen atoms in total. The van der Waals surface area contributed by atoms with Crippen LogP contribution in [0, 0.1) is 13.7 Å². The maximum atomic E-state index is 12.7. The molecule has 3 rings (SSSR count). The lowest BCUT2D eigenvalue weighted by molar-refractivity contribution is -0.384. The highest BCUT2D eigenvalue weighted by molar-refractivity contribution is 14.1. The molecule has 1 amide bonds. The first-order valence-electron chi connectivity index (χ1n) is 6.88.